The molecular formula is C11H11BrN2O4. The third-order valence-corrected chi connectivity index (χ3v) is 3.20. The Bertz CT molecular complexity index is 506. The van der Waals surface area contributed by atoms with Gasteiger partial charge >= 0.3 is 0 Å². The summed E-state index contributed by atoms with van der Waals surface area (Å²) in [5, 5.41) is 13.6. The van der Waals surface area contributed by atoms with Crippen LogP contribution in [0, 0.1) is 10.1 Å². The van der Waals surface area contributed by atoms with Crippen molar-refractivity contribution in [3.8, 4) is 0 Å². The number of rotatable bonds is 2. The van der Waals surface area contributed by atoms with Crippen LogP contribution in [0.1, 0.15) is 18.5 Å². The van der Waals surface area contributed by atoms with Crippen molar-refractivity contribution >= 4 is 27.5 Å². The first-order chi connectivity index (χ1) is 8.47. The predicted octanol–water partition coefficient (Wildman–Crippen LogP) is 1.93. The molecular weight excluding hydrogens is 304 g/mol. The maximum absolute atomic E-state index is 11.3. The summed E-state index contributed by atoms with van der Waals surface area (Å²) in [5.74, 6) is -0.222. The van der Waals surface area contributed by atoms with Crippen LogP contribution in [-0.2, 0) is 9.53 Å². The van der Waals surface area contributed by atoms with Crippen molar-refractivity contribution in [3.05, 3.63) is 38.3 Å². The number of halogens is 1. The molecule has 1 fully saturated rings. The number of nitrogens with one attached hydrogen (secondary N) is 1. The highest BCUT2D eigenvalue weighted by atomic mass is 79.9. The van der Waals surface area contributed by atoms with Gasteiger partial charge in [0.2, 0.25) is 5.91 Å². The molecule has 1 unspecified atom stereocenters. The monoisotopic (exact) mass is 314 g/mol. The molecule has 0 aromatic heterocycles. The standard InChI is InChI=1S/C11H11BrN2O4/c1-6-11(13-10(15)5-18-6)7-2-8(12)4-9(3-7)14(16)17/h2-4,6,11H,5H2,1H3,(H,13,15)/t6-,11?/m1/s1. The first-order valence-corrected chi connectivity index (χ1v) is 6.12. The van der Waals surface area contributed by atoms with Gasteiger partial charge in [0.15, 0.2) is 0 Å². The first-order valence-electron chi connectivity index (χ1n) is 5.33. The van der Waals surface area contributed by atoms with Crippen molar-refractivity contribution in [2.75, 3.05) is 6.61 Å². The van der Waals surface area contributed by atoms with E-state index in [0.717, 1.165) is 0 Å². The van der Waals surface area contributed by atoms with E-state index in [1.807, 2.05) is 6.92 Å². The summed E-state index contributed by atoms with van der Waals surface area (Å²) in [4.78, 5) is 21.6. The molecule has 18 heavy (non-hydrogen) atoms. The third kappa shape index (κ3) is 2.68. The maximum Gasteiger partial charge on any atom is 0.270 e. The number of hydrogen-bond acceptors (Lipinski definition) is 4. The van der Waals surface area contributed by atoms with E-state index in [1.165, 1.54) is 12.1 Å². The SMILES string of the molecule is C[C@H]1OCC(=O)NC1c1cc(Br)cc([N+](=O)[O-])c1. The molecule has 1 aliphatic rings. The summed E-state index contributed by atoms with van der Waals surface area (Å²) < 4.78 is 5.90. The topological polar surface area (TPSA) is 81.5 Å². The lowest BCUT2D eigenvalue weighted by molar-refractivity contribution is -0.385. The van der Waals surface area contributed by atoms with Crippen molar-refractivity contribution in [2.45, 2.75) is 19.1 Å². The number of benzene rings is 1. The number of amides is 1. The number of nitro benzene ring substituents is 1. The van der Waals surface area contributed by atoms with Gasteiger partial charge < -0.3 is 10.1 Å². The van der Waals surface area contributed by atoms with Gasteiger partial charge in [-0.2, -0.15) is 0 Å². The van der Waals surface area contributed by atoms with Crippen molar-refractivity contribution in [1.82, 2.24) is 5.32 Å². The number of nitrogens with zero attached hydrogens (tertiary/aromatic N) is 1. The fraction of sp³-hybridized carbons (Fsp3) is 0.364. The number of non-ortho nitro benzene ring substituents is 1. The Kier molecular flexibility index (Phi) is 3.63. The molecule has 7 heteroatoms. The zero-order valence-electron chi connectivity index (χ0n) is 9.55. The van der Waals surface area contributed by atoms with Gasteiger partial charge in [-0.25, -0.2) is 0 Å². The van der Waals surface area contributed by atoms with Crippen LogP contribution < -0.4 is 5.32 Å². The molecule has 2 atom stereocenters. The van der Waals surface area contributed by atoms with Gasteiger partial charge in [-0.05, 0) is 18.6 Å². The summed E-state index contributed by atoms with van der Waals surface area (Å²) in [6.07, 6.45) is -0.225. The van der Waals surface area contributed by atoms with E-state index in [0.29, 0.717) is 10.0 Å². The van der Waals surface area contributed by atoms with Gasteiger partial charge in [0, 0.05) is 16.6 Å². The Balaban J connectivity index is 2.37. The van der Waals surface area contributed by atoms with Gasteiger partial charge in [-0.1, -0.05) is 15.9 Å². The van der Waals surface area contributed by atoms with E-state index in [1.54, 1.807) is 6.07 Å². The van der Waals surface area contributed by atoms with Crippen LogP contribution in [0.2, 0.25) is 0 Å². The quantitative estimate of drug-likeness (QED) is 0.668. The lowest BCUT2D eigenvalue weighted by Crippen LogP contribution is -2.44. The molecule has 0 radical (unpaired) electrons. The van der Waals surface area contributed by atoms with Crippen molar-refractivity contribution in [1.29, 1.82) is 0 Å². The molecule has 1 amide bonds. The fourth-order valence-corrected chi connectivity index (χ4v) is 2.37. The average Bonchev–Trinajstić information content (AvgIpc) is 2.31. The van der Waals surface area contributed by atoms with E-state index < -0.39 is 4.92 Å². The Morgan fingerprint density at radius 2 is 2.22 bits per heavy atom. The number of nitro groups is 1. The molecule has 6 nitrogen and oxygen atoms in total. The summed E-state index contributed by atoms with van der Waals surface area (Å²) in [7, 11) is 0. The molecule has 0 aliphatic carbocycles. The van der Waals surface area contributed by atoms with E-state index in [-0.39, 0.29) is 30.3 Å². The second kappa shape index (κ2) is 5.03. The normalized spacial score (nSPS) is 23.6. The molecule has 1 aromatic rings. The van der Waals surface area contributed by atoms with E-state index in [4.69, 9.17) is 4.74 Å². The van der Waals surface area contributed by atoms with Crippen LogP contribution in [0.5, 0.6) is 0 Å². The zero-order valence-corrected chi connectivity index (χ0v) is 11.1. The van der Waals surface area contributed by atoms with Crippen LogP contribution in [0.25, 0.3) is 0 Å². The van der Waals surface area contributed by atoms with Gasteiger partial charge in [0.1, 0.15) is 6.61 Å². The molecule has 0 bridgehead atoms. The summed E-state index contributed by atoms with van der Waals surface area (Å²) in [6.45, 7) is 1.84. The molecule has 96 valence electrons. The van der Waals surface area contributed by atoms with Crippen LogP contribution in [0.3, 0.4) is 0 Å². The number of morpholine rings is 1. The van der Waals surface area contributed by atoms with E-state index >= 15 is 0 Å². The number of hydrogen-bond donors (Lipinski definition) is 1. The third-order valence-electron chi connectivity index (χ3n) is 2.74. The molecule has 2 rings (SSSR count). The van der Waals surface area contributed by atoms with E-state index in [9.17, 15) is 14.9 Å². The minimum atomic E-state index is -0.468. The van der Waals surface area contributed by atoms with Gasteiger partial charge in [0.05, 0.1) is 17.1 Å². The van der Waals surface area contributed by atoms with Crippen LogP contribution in [0.15, 0.2) is 22.7 Å². The van der Waals surface area contributed by atoms with Crippen LogP contribution >= 0.6 is 15.9 Å². The number of carbonyl (C=O) groups excluding carboxylic acids is 1. The lowest BCUT2D eigenvalue weighted by atomic mass is 10.0. The smallest absolute Gasteiger partial charge is 0.270 e. The lowest BCUT2D eigenvalue weighted by Gasteiger charge is -2.30. The highest BCUT2D eigenvalue weighted by Gasteiger charge is 2.28. The van der Waals surface area contributed by atoms with Crippen molar-refractivity contribution < 1.29 is 14.5 Å². The highest BCUT2D eigenvalue weighted by Crippen LogP contribution is 2.29. The van der Waals surface area contributed by atoms with Gasteiger partial charge in [-0.3, -0.25) is 14.9 Å². The Morgan fingerprint density at radius 1 is 1.50 bits per heavy atom. The predicted molar refractivity (Wildman–Crippen MR) is 67.1 cm³/mol. The molecule has 1 saturated heterocycles. The van der Waals surface area contributed by atoms with Crippen molar-refractivity contribution in [2.24, 2.45) is 0 Å². The largest absolute Gasteiger partial charge is 0.366 e. The van der Waals surface area contributed by atoms with Crippen LogP contribution in [-0.4, -0.2) is 23.5 Å². The Hall–Kier alpha value is -1.47. The van der Waals surface area contributed by atoms with E-state index in [2.05, 4.69) is 21.2 Å². The maximum atomic E-state index is 11.3. The van der Waals surface area contributed by atoms with Gasteiger partial charge in [0.25, 0.3) is 5.69 Å². The van der Waals surface area contributed by atoms with Crippen LogP contribution in [0.4, 0.5) is 5.69 Å². The molecule has 1 aromatic carbocycles. The molecule has 1 aliphatic heterocycles. The minimum absolute atomic E-state index is 0.0216. The highest BCUT2D eigenvalue weighted by molar-refractivity contribution is 9.10. The van der Waals surface area contributed by atoms with Gasteiger partial charge in [-0.15, -0.1) is 0 Å². The molecule has 0 spiro atoms. The number of carbonyl (C=O) groups is 1. The summed E-state index contributed by atoms with van der Waals surface area (Å²) in [6, 6.07) is 4.23. The molecule has 1 N–H and O–H groups in total. The average molecular weight is 315 g/mol. The Labute approximate surface area is 112 Å². The molecule has 0 saturated carbocycles. The summed E-state index contributed by atoms with van der Waals surface area (Å²) in [5.41, 5.74) is 0.628. The second-order valence-corrected chi connectivity index (χ2v) is 4.98. The molecule has 1 heterocycles. The minimum Gasteiger partial charge on any atom is -0.366 e. The number of ether oxygens (including phenoxy) is 1. The first kappa shape index (κ1) is 13.0. The summed E-state index contributed by atoms with van der Waals surface area (Å²) >= 11 is 3.23. The zero-order chi connectivity index (χ0) is 13.3. The Morgan fingerprint density at radius 3 is 2.89 bits per heavy atom. The second-order valence-electron chi connectivity index (χ2n) is 4.06. The fourth-order valence-electron chi connectivity index (χ4n) is 1.87. The van der Waals surface area contributed by atoms with Crippen molar-refractivity contribution in [3.63, 3.8) is 0 Å².